The lowest BCUT2D eigenvalue weighted by Gasteiger charge is -2.33. The van der Waals surface area contributed by atoms with Crippen LogP contribution in [0.5, 0.6) is 0 Å². The largest absolute Gasteiger partial charge is 0.352 e. The van der Waals surface area contributed by atoms with E-state index in [1.807, 2.05) is 0 Å². The summed E-state index contributed by atoms with van der Waals surface area (Å²) in [5, 5.41) is 3.88. The monoisotopic (exact) mass is 553 g/mol. The molecule has 0 aromatic heterocycles. The van der Waals surface area contributed by atoms with Crippen LogP contribution in [0.15, 0.2) is 42.5 Å². The number of benzene rings is 2. The molecule has 1 N–H and O–H groups in total. The maximum Gasteiger partial charge on any atom is 0.244 e. The fourth-order valence-corrected chi connectivity index (χ4v) is 5.67. The average molecular weight is 555 g/mol. The van der Waals surface area contributed by atoms with Gasteiger partial charge in [-0.1, -0.05) is 66.7 Å². The van der Waals surface area contributed by atoms with Crippen LogP contribution in [0.1, 0.15) is 50.2 Å². The van der Waals surface area contributed by atoms with Crippen molar-refractivity contribution < 1.29 is 18.0 Å². The Balaban J connectivity index is 1.91. The molecule has 36 heavy (non-hydrogen) atoms. The highest BCUT2D eigenvalue weighted by molar-refractivity contribution is 7.92. The van der Waals surface area contributed by atoms with E-state index in [-0.39, 0.29) is 18.5 Å². The normalized spacial score (nSPS) is 15.2. The first-order valence-electron chi connectivity index (χ1n) is 12.0. The lowest BCUT2D eigenvalue weighted by molar-refractivity contribution is -0.139. The summed E-state index contributed by atoms with van der Waals surface area (Å²) in [7, 11) is -3.83. The summed E-state index contributed by atoms with van der Waals surface area (Å²) in [5.74, 6) is -0.793. The number of nitrogens with one attached hydrogen (secondary N) is 1. The van der Waals surface area contributed by atoms with Crippen LogP contribution in [0.2, 0.25) is 10.0 Å². The summed E-state index contributed by atoms with van der Waals surface area (Å²) in [6.45, 7) is 2.98. The first-order valence-corrected chi connectivity index (χ1v) is 14.6. The Morgan fingerprint density at radius 1 is 1.08 bits per heavy atom. The van der Waals surface area contributed by atoms with Gasteiger partial charge in [-0.25, -0.2) is 8.42 Å². The quantitative estimate of drug-likeness (QED) is 0.476. The lowest BCUT2D eigenvalue weighted by atomic mass is 9.95. The second-order valence-corrected chi connectivity index (χ2v) is 12.1. The molecule has 0 heterocycles. The van der Waals surface area contributed by atoms with Crippen molar-refractivity contribution in [3.8, 4) is 0 Å². The number of aryl methyl sites for hydroxylation is 1. The van der Waals surface area contributed by atoms with Crippen LogP contribution in [0.4, 0.5) is 5.69 Å². The Labute approximate surface area is 223 Å². The number of hydrogen-bond donors (Lipinski definition) is 1. The second-order valence-electron chi connectivity index (χ2n) is 9.33. The highest BCUT2D eigenvalue weighted by atomic mass is 35.5. The molecule has 196 valence electrons. The number of rotatable bonds is 9. The Bertz CT molecular complexity index is 1200. The number of sulfonamides is 1. The zero-order valence-electron chi connectivity index (χ0n) is 20.8. The Morgan fingerprint density at radius 3 is 2.39 bits per heavy atom. The second kappa shape index (κ2) is 12.3. The molecule has 2 aromatic rings. The van der Waals surface area contributed by atoms with Crippen molar-refractivity contribution in [2.45, 2.75) is 64.6 Å². The van der Waals surface area contributed by atoms with Crippen molar-refractivity contribution in [2.24, 2.45) is 0 Å². The number of carbonyl (C=O) groups is 2. The molecule has 1 fully saturated rings. The molecule has 2 amide bonds. The molecule has 0 bridgehead atoms. The van der Waals surface area contributed by atoms with E-state index >= 15 is 0 Å². The minimum atomic E-state index is -3.83. The molecule has 10 heteroatoms. The summed E-state index contributed by atoms with van der Waals surface area (Å²) < 4.78 is 26.5. The van der Waals surface area contributed by atoms with Crippen molar-refractivity contribution in [1.82, 2.24) is 10.2 Å². The molecule has 1 aliphatic rings. The fraction of sp³-hybridized carbons (Fsp3) is 0.462. The molecule has 1 unspecified atom stereocenters. The van der Waals surface area contributed by atoms with Gasteiger partial charge < -0.3 is 10.2 Å². The third kappa shape index (κ3) is 7.37. The summed E-state index contributed by atoms with van der Waals surface area (Å²) in [6.07, 6.45) is 6.13. The first kappa shape index (κ1) is 28.3. The number of anilines is 1. The maximum absolute atomic E-state index is 13.7. The van der Waals surface area contributed by atoms with Gasteiger partial charge in [0, 0.05) is 22.6 Å². The molecule has 0 spiro atoms. The van der Waals surface area contributed by atoms with Crippen molar-refractivity contribution in [1.29, 1.82) is 0 Å². The van der Waals surface area contributed by atoms with Crippen LogP contribution in [0, 0.1) is 6.92 Å². The van der Waals surface area contributed by atoms with E-state index in [2.05, 4.69) is 5.32 Å². The highest BCUT2D eigenvalue weighted by Crippen LogP contribution is 2.27. The van der Waals surface area contributed by atoms with E-state index in [1.165, 1.54) is 11.0 Å². The number of nitrogens with zero attached hydrogens (tertiary/aromatic N) is 2. The molecule has 0 radical (unpaired) electrons. The van der Waals surface area contributed by atoms with Crippen molar-refractivity contribution in [2.75, 3.05) is 17.1 Å². The molecule has 3 rings (SSSR count). The smallest absolute Gasteiger partial charge is 0.244 e. The molecule has 0 aliphatic heterocycles. The van der Waals surface area contributed by atoms with Gasteiger partial charge >= 0.3 is 0 Å². The predicted molar refractivity (Wildman–Crippen MR) is 145 cm³/mol. The minimum Gasteiger partial charge on any atom is -0.352 e. The number of carbonyl (C=O) groups excluding carboxylic acids is 2. The average Bonchev–Trinajstić information content (AvgIpc) is 2.83. The first-order chi connectivity index (χ1) is 17.0. The molecular weight excluding hydrogens is 521 g/mol. The van der Waals surface area contributed by atoms with Gasteiger partial charge in [-0.2, -0.15) is 0 Å². The van der Waals surface area contributed by atoms with Crippen LogP contribution in [-0.2, 0) is 26.2 Å². The van der Waals surface area contributed by atoms with Gasteiger partial charge in [0.25, 0.3) is 0 Å². The predicted octanol–water partition coefficient (Wildman–Crippen LogP) is 4.93. The third-order valence-electron chi connectivity index (χ3n) is 6.54. The van der Waals surface area contributed by atoms with Gasteiger partial charge in [0.15, 0.2) is 0 Å². The fourth-order valence-electron chi connectivity index (χ4n) is 4.41. The lowest BCUT2D eigenvalue weighted by Crippen LogP contribution is -2.53. The summed E-state index contributed by atoms with van der Waals surface area (Å²) in [4.78, 5) is 28.3. The molecule has 1 atom stereocenters. The Morgan fingerprint density at radius 2 is 1.75 bits per heavy atom. The van der Waals surface area contributed by atoms with E-state index in [0.717, 1.165) is 42.7 Å². The van der Waals surface area contributed by atoms with Gasteiger partial charge in [0.1, 0.15) is 12.6 Å². The standard InChI is InChI=1S/C26H33Cl2N3O4S/c1-18-13-14-21(27)15-24(18)31(36(3,34)35)17-25(32)30(16-20-9-7-8-12-23(20)28)19(2)26(33)29-22-10-5-4-6-11-22/h7-9,12-15,19,22H,4-6,10-11,16-17H2,1-3H3,(H,29,33). The van der Waals surface area contributed by atoms with E-state index in [1.54, 1.807) is 50.2 Å². The number of hydrogen-bond acceptors (Lipinski definition) is 4. The van der Waals surface area contributed by atoms with Gasteiger partial charge in [0.05, 0.1) is 11.9 Å². The number of amides is 2. The SMILES string of the molecule is Cc1ccc(Cl)cc1N(CC(=O)N(Cc1ccccc1Cl)C(C)C(=O)NC1CCCCC1)S(C)(=O)=O. The zero-order chi connectivity index (χ0) is 26.5. The topological polar surface area (TPSA) is 86.8 Å². The minimum absolute atomic E-state index is 0.0594. The molecule has 7 nitrogen and oxygen atoms in total. The van der Waals surface area contributed by atoms with Gasteiger partial charge in [-0.15, -0.1) is 0 Å². The molecular formula is C26H33Cl2N3O4S. The molecule has 2 aromatic carbocycles. The zero-order valence-corrected chi connectivity index (χ0v) is 23.2. The highest BCUT2D eigenvalue weighted by Gasteiger charge is 2.32. The molecule has 0 saturated heterocycles. The Kier molecular flexibility index (Phi) is 9.66. The third-order valence-corrected chi connectivity index (χ3v) is 8.27. The van der Waals surface area contributed by atoms with E-state index < -0.39 is 28.5 Å². The van der Waals surface area contributed by atoms with Crippen molar-refractivity contribution >= 4 is 50.7 Å². The van der Waals surface area contributed by atoms with Crippen LogP contribution < -0.4 is 9.62 Å². The van der Waals surface area contributed by atoms with Crippen LogP contribution in [-0.4, -0.2) is 50.0 Å². The van der Waals surface area contributed by atoms with Crippen LogP contribution in [0.25, 0.3) is 0 Å². The van der Waals surface area contributed by atoms with Crippen LogP contribution in [0.3, 0.4) is 0 Å². The molecule has 1 saturated carbocycles. The van der Waals surface area contributed by atoms with Crippen molar-refractivity contribution in [3.05, 3.63) is 63.6 Å². The number of halogens is 2. The van der Waals surface area contributed by atoms with Gasteiger partial charge in [-0.05, 0) is 56.0 Å². The maximum atomic E-state index is 13.7. The van der Waals surface area contributed by atoms with Gasteiger partial charge in [-0.3, -0.25) is 13.9 Å². The summed E-state index contributed by atoms with van der Waals surface area (Å²) in [5.41, 5.74) is 1.63. The molecule has 1 aliphatic carbocycles. The summed E-state index contributed by atoms with van der Waals surface area (Å²) in [6, 6.07) is 11.2. The Hall–Kier alpha value is -2.29. The van der Waals surface area contributed by atoms with Gasteiger partial charge in [0.2, 0.25) is 21.8 Å². The van der Waals surface area contributed by atoms with E-state index in [9.17, 15) is 18.0 Å². The van der Waals surface area contributed by atoms with Crippen LogP contribution >= 0.6 is 23.2 Å². The van der Waals surface area contributed by atoms with Crippen molar-refractivity contribution in [3.63, 3.8) is 0 Å². The van der Waals surface area contributed by atoms with E-state index in [0.29, 0.717) is 26.9 Å². The summed E-state index contributed by atoms with van der Waals surface area (Å²) >= 11 is 12.5. The van der Waals surface area contributed by atoms with E-state index in [4.69, 9.17) is 23.2 Å².